The van der Waals surface area contributed by atoms with E-state index in [1.54, 1.807) is 0 Å². The van der Waals surface area contributed by atoms with Gasteiger partial charge < -0.3 is 5.11 Å². The highest BCUT2D eigenvalue weighted by atomic mass is 16.4. The third kappa shape index (κ3) is 2.84. The zero-order chi connectivity index (χ0) is 14.7. The molecule has 1 fully saturated rings. The van der Waals surface area contributed by atoms with E-state index >= 15 is 0 Å². The summed E-state index contributed by atoms with van der Waals surface area (Å²) in [5.41, 5.74) is -1.73. The van der Waals surface area contributed by atoms with Gasteiger partial charge in [0, 0.05) is 12.2 Å². The van der Waals surface area contributed by atoms with Crippen molar-refractivity contribution < 1.29 is 9.90 Å². The van der Waals surface area contributed by atoms with E-state index in [9.17, 15) is 14.4 Å². The van der Waals surface area contributed by atoms with E-state index in [0.29, 0.717) is 5.92 Å². The second-order valence-corrected chi connectivity index (χ2v) is 5.39. The number of carboxylic acids is 1. The Balaban J connectivity index is 2.43. The molecule has 1 aliphatic rings. The minimum absolute atomic E-state index is 0.0438. The predicted octanol–water partition coefficient (Wildman–Crippen LogP) is 1.77. The Morgan fingerprint density at radius 2 is 2.05 bits per heavy atom. The monoisotopic (exact) mass is 280 g/mol. The zero-order valence-corrected chi connectivity index (χ0v) is 11.6. The van der Waals surface area contributed by atoms with Crippen molar-refractivity contribution in [2.45, 2.75) is 51.5 Å². The summed E-state index contributed by atoms with van der Waals surface area (Å²) in [7, 11) is 0. The first-order valence-electron chi connectivity index (χ1n) is 7.13. The van der Waals surface area contributed by atoms with Crippen molar-refractivity contribution in [1.29, 1.82) is 0 Å². The van der Waals surface area contributed by atoms with Crippen LogP contribution >= 0.6 is 0 Å². The summed E-state index contributed by atoms with van der Waals surface area (Å²) in [5, 5.41) is 9.01. The van der Waals surface area contributed by atoms with Gasteiger partial charge in [-0.05, 0) is 25.2 Å². The third-order valence-corrected chi connectivity index (χ3v) is 4.17. The summed E-state index contributed by atoms with van der Waals surface area (Å²) in [4.78, 5) is 36.6. The summed E-state index contributed by atoms with van der Waals surface area (Å²) in [5.74, 6) is -0.933. The molecule has 2 N–H and O–H groups in total. The van der Waals surface area contributed by atoms with Crippen molar-refractivity contribution in [3.8, 4) is 0 Å². The van der Waals surface area contributed by atoms with Gasteiger partial charge in [-0.3, -0.25) is 14.3 Å². The van der Waals surface area contributed by atoms with Gasteiger partial charge in [-0.1, -0.05) is 26.2 Å². The van der Waals surface area contributed by atoms with Crippen LogP contribution in [0, 0.1) is 5.92 Å². The van der Waals surface area contributed by atoms with Gasteiger partial charge in [0.05, 0.1) is 0 Å². The summed E-state index contributed by atoms with van der Waals surface area (Å²) in [6, 6.07) is -0.0438. The Bertz CT molecular complexity index is 596. The second-order valence-electron chi connectivity index (χ2n) is 5.39. The molecule has 20 heavy (non-hydrogen) atoms. The van der Waals surface area contributed by atoms with Crippen molar-refractivity contribution in [1.82, 2.24) is 9.55 Å². The number of nitrogens with zero attached hydrogens (tertiary/aromatic N) is 1. The predicted molar refractivity (Wildman–Crippen MR) is 74.2 cm³/mol. The normalized spacial score (nSPS) is 17.9. The molecule has 0 aromatic carbocycles. The van der Waals surface area contributed by atoms with E-state index in [4.69, 9.17) is 5.11 Å². The molecule has 6 heteroatoms. The zero-order valence-electron chi connectivity index (χ0n) is 11.6. The molecule has 6 nitrogen and oxygen atoms in total. The van der Waals surface area contributed by atoms with Crippen LogP contribution in [0.5, 0.6) is 0 Å². The topological polar surface area (TPSA) is 92.2 Å². The van der Waals surface area contributed by atoms with Crippen LogP contribution in [-0.4, -0.2) is 20.6 Å². The largest absolute Gasteiger partial charge is 0.477 e. The maximum Gasteiger partial charge on any atom is 0.342 e. The first kappa shape index (κ1) is 14.6. The van der Waals surface area contributed by atoms with Gasteiger partial charge >= 0.3 is 11.7 Å². The van der Waals surface area contributed by atoms with Gasteiger partial charge in [-0.25, -0.2) is 9.59 Å². The van der Waals surface area contributed by atoms with Crippen LogP contribution in [-0.2, 0) is 0 Å². The Hall–Kier alpha value is -1.85. The van der Waals surface area contributed by atoms with Crippen LogP contribution < -0.4 is 11.2 Å². The van der Waals surface area contributed by atoms with Crippen molar-refractivity contribution in [3.63, 3.8) is 0 Å². The van der Waals surface area contributed by atoms with E-state index in [0.717, 1.165) is 32.1 Å². The average Bonchev–Trinajstić information content (AvgIpc) is 2.42. The molecule has 1 atom stereocenters. The van der Waals surface area contributed by atoms with Crippen LogP contribution in [0.1, 0.15) is 61.8 Å². The fourth-order valence-electron chi connectivity index (χ4n) is 3.16. The highest BCUT2D eigenvalue weighted by Crippen LogP contribution is 2.33. The van der Waals surface area contributed by atoms with Crippen molar-refractivity contribution >= 4 is 5.97 Å². The molecular formula is C14H20N2O4. The molecule has 1 aliphatic carbocycles. The molecule has 0 saturated heterocycles. The highest BCUT2D eigenvalue weighted by molar-refractivity contribution is 5.86. The minimum atomic E-state index is -1.31. The van der Waals surface area contributed by atoms with Crippen LogP contribution in [0.3, 0.4) is 0 Å². The Morgan fingerprint density at radius 3 is 2.60 bits per heavy atom. The van der Waals surface area contributed by atoms with E-state index in [2.05, 4.69) is 4.98 Å². The third-order valence-electron chi connectivity index (χ3n) is 4.17. The van der Waals surface area contributed by atoms with Crippen molar-refractivity contribution in [3.05, 3.63) is 32.6 Å². The Morgan fingerprint density at radius 1 is 1.40 bits per heavy atom. The number of aromatic carboxylic acids is 1. The summed E-state index contributed by atoms with van der Waals surface area (Å²) in [6.07, 6.45) is 7.55. The van der Waals surface area contributed by atoms with E-state index in [1.807, 2.05) is 6.92 Å². The lowest BCUT2D eigenvalue weighted by molar-refractivity contribution is 0.0693. The number of carboxylic acid groups (broad SMARTS) is 1. The number of hydrogen-bond acceptors (Lipinski definition) is 3. The molecule has 1 saturated carbocycles. The molecule has 0 amide bonds. The molecular weight excluding hydrogens is 260 g/mol. The molecule has 1 aromatic rings. The maximum atomic E-state index is 12.0. The molecule has 0 aliphatic heterocycles. The minimum Gasteiger partial charge on any atom is -0.477 e. The number of hydrogen-bond donors (Lipinski definition) is 2. The van der Waals surface area contributed by atoms with Gasteiger partial charge in [0.2, 0.25) is 0 Å². The number of carbonyl (C=O) groups is 1. The Kier molecular flexibility index (Phi) is 4.42. The number of aromatic nitrogens is 2. The average molecular weight is 280 g/mol. The van der Waals surface area contributed by atoms with E-state index < -0.39 is 17.2 Å². The molecule has 0 spiro atoms. The van der Waals surface area contributed by atoms with Crippen molar-refractivity contribution in [2.24, 2.45) is 5.92 Å². The van der Waals surface area contributed by atoms with Crippen LogP contribution in [0.2, 0.25) is 0 Å². The first-order valence-corrected chi connectivity index (χ1v) is 7.13. The van der Waals surface area contributed by atoms with Gasteiger partial charge in [0.25, 0.3) is 5.56 Å². The maximum absolute atomic E-state index is 12.0. The molecule has 0 bridgehead atoms. The number of aromatic amines is 1. The number of H-pyrrole nitrogens is 1. The molecule has 0 radical (unpaired) electrons. The number of rotatable bonds is 4. The summed E-state index contributed by atoms with van der Waals surface area (Å²) < 4.78 is 1.40. The fourth-order valence-corrected chi connectivity index (χ4v) is 3.16. The van der Waals surface area contributed by atoms with E-state index in [1.165, 1.54) is 17.2 Å². The quantitative estimate of drug-likeness (QED) is 0.879. The van der Waals surface area contributed by atoms with Crippen LogP contribution in [0.4, 0.5) is 0 Å². The lowest BCUT2D eigenvalue weighted by Gasteiger charge is -2.30. The van der Waals surface area contributed by atoms with E-state index in [-0.39, 0.29) is 11.6 Å². The summed E-state index contributed by atoms with van der Waals surface area (Å²) in [6.45, 7) is 1.98. The van der Waals surface area contributed by atoms with Gasteiger partial charge in [0.1, 0.15) is 5.56 Å². The lowest BCUT2D eigenvalue weighted by Crippen LogP contribution is -2.37. The summed E-state index contributed by atoms with van der Waals surface area (Å²) >= 11 is 0. The molecule has 1 heterocycles. The SMILES string of the molecule is CCC(C1CCCCC1)n1cc(C(=O)O)c(=O)[nH]c1=O. The second kappa shape index (κ2) is 6.07. The van der Waals surface area contributed by atoms with Gasteiger partial charge in [-0.15, -0.1) is 0 Å². The standard InChI is InChI=1S/C14H20N2O4/c1-2-11(9-6-4-3-5-7-9)16-8-10(13(18)19)12(17)15-14(16)20/h8-9,11H,2-7H2,1H3,(H,18,19)(H,15,17,20). The highest BCUT2D eigenvalue weighted by Gasteiger charge is 2.25. The van der Waals surface area contributed by atoms with Crippen LogP contribution in [0.15, 0.2) is 15.8 Å². The Labute approximate surface area is 116 Å². The molecule has 2 rings (SSSR count). The van der Waals surface area contributed by atoms with Crippen LogP contribution in [0.25, 0.3) is 0 Å². The fraction of sp³-hybridized carbons (Fsp3) is 0.643. The molecule has 110 valence electrons. The lowest BCUT2D eigenvalue weighted by atomic mass is 9.83. The van der Waals surface area contributed by atoms with Crippen molar-refractivity contribution in [2.75, 3.05) is 0 Å². The van der Waals surface area contributed by atoms with Gasteiger partial charge in [-0.2, -0.15) is 0 Å². The first-order chi connectivity index (χ1) is 9.54. The van der Waals surface area contributed by atoms with Gasteiger partial charge in [0.15, 0.2) is 0 Å². The molecule has 1 aromatic heterocycles. The smallest absolute Gasteiger partial charge is 0.342 e. The molecule has 1 unspecified atom stereocenters. The number of nitrogens with one attached hydrogen (secondary N) is 1.